The summed E-state index contributed by atoms with van der Waals surface area (Å²) in [4.78, 5) is 11.9. The Morgan fingerprint density at radius 2 is 1.88 bits per heavy atom. The summed E-state index contributed by atoms with van der Waals surface area (Å²) in [6.07, 6.45) is 0.395. The first-order valence-corrected chi connectivity index (χ1v) is 6.92. The molecule has 17 heavy (non-hydrogen) atoms. The highest BCUT2D eigenvalue weighted by molar-refractivity contribution is 6.67. The van der Waals surface area contributed by atoms with Crippen molar-refractivity contribution in [1.82, 2.24) is 0 Å². The van der Waals surface area contributed by atoms with E-state index in [9.17, 15) is 4.79 Å². The fraction of sp³-hybridized carbons (Fsp3) is 0.917. The second kappa shape index (κ2) is 5.14. The van der Waals surface area contributed by atoms with Gasteiger partial charge in [0.05, 0.1) is 12.5 Å². The molecule has 1 aliphatic carbocycles. The molecule has 2 unspecified atom stereocenters. The monoisotopic (exact) mass is 300 g/mol. The molecule has 0 aromatic rings. The van der Waals surface area contributed by atoms with Crippen LogP contribution < -0.4 is 0 Å². The Bertz CT molecular complexity index is 295. The molecule has 0 radical (unpaired) electrons. The fourth-order valence-corrected chi connectivity index (χ4v) is 2.68. The normalized spacial score (nSPS) is 27.1. The van der Waals surface area contributed by atoms with Gasteiger partial charge in [-0.1, -0.05) is 62.5 Å². The van der Waals surface area contributed by atoms with Gasteiger partial charge in [0.2, 0.25) is 0 Å². The second-order valence-electron chi connectivity index (χ2n) is 5.75. The van der Waals surface area contributed by atoms with E-state index < -0.39 is 3.79 Å². The Kier molecular flexibility index (Phi) is 4.66. The lowest BCUT2D eigenvalue weighted by Gasteiger charge is -2.10. The van der Waals surface area contributed by atoms with Crippen LogP contribution in [0.15, 0.2) is 0 Å². The zero-order chi connectivity index (χ0) is 13.4. The minimum Gasteiger partial charge on any atom is -0.465 e. The van der Waals surface area contributed by atoms with E-state index in [1.165, 1.54) is 0 Å². The molecular weight excluding hydrogens is 282 g/mol. The minimum absolute atomic E-state index is 0.0923. The number of carbonyl (C=O) groups is 1. The molecule has 2 nitrogen and oxygen atoms in total. The Morgan fingerprint density at radius 3 is 2.29 bits per heavy atom. The number of hydrogen-bond acceptors (Lipinski definition) is 2. The summed E-state index contributed by atoms with van der Waals surface area (Å²) in [5.41, 5.74) is -0.127. The molecule has 0 heterocycles. The fourth-order valence-electron chi connectivity index (χ4n) is 2.18. The van der Waals surface area contributed by atoms with Gasteiger partial charge in [-0.25, -0.2) is 0 Å². The van der Waals surface area contributed by atoms with Crippen molar-refractivity contribution < 1.29 is 9.53 Å². The number of hydrogen-bond donors (Lipinski definition) is 0. The van der Waals surface area contributed by atoms with Crippen molar-refractivity contribution in [2.45, 2.75) is 37.9 Å². The van der Waals surface area contributed by atoms with Crippen LogP contribution in [0.1, 0.15) is 34.1 Å². The number of esters is 1. The quantitative estimate of drug-likeness (QED) is 0.574. The molecule has 0 amide bonds. The molecular formula is C12H19Cl3O2. The Balaban J connectivity index is 2.52. The van der Waals surface area contributed by atoms with Gasteiger partial charge in [-0.2, -0.15) is 0 Å². The highest BCUT2D eigenvalue weighted by Crippen LogP contribution is 2.63. The van der Waals surface area contributed by atoms with E-state index in [2.05, 4.69) is 0 Å². The largest absolute Gasteiger partial charge is 0.465 e. The SMILES string of the molecule is CC(C)COC(=O)C1C(CC(Cl)(Cl)Cl)C1(C)C. The van der Waals surface area contributed by atoms with Crippen molar-refractivity contribution in [3.63, 3.8) is 0 Å². The van der Waals surface area contributed by atoms with Gasteiger partial charge < -0.3 is 4.74 Å². The minimum atomic E-state index is -1.30. The van der Waals surface area contributed by atoms with E-state index >= 15 is 0 Å². The lowest BCUT2D eigenvalue weighted by Crippen LogP contribution is -2.14. The van der Waals surface area contributed by atoms with Crippen molar-refractivity contribution in [1.29, 1.82) is 0 Å². The lowest BCUT2D eigenvalue weighted by atomic mass is 10.1. The van der Waals surface area contributed by atoms with Crippen LogP contribution in [-0.4, -0.2) is 16.4 Å². The van der Waals surface area contributed by atoms with Crippen LogP contribution in [0, 0.1) is 23.2 Å². The molecule has 0 aromatic heterocycles. The molecule has 2 atom stereocenters. The highest BCUT2D eigenvalue weighted by Gasteiger charge is 2.63. The van der Waals surface area contributed by atoms with Crippen LogP contribution in [0.25, 0.3) is 0 Å². The average Bonchev–Trinajstić information content (AvgIpc) is 2.61. The van der Waals surface area contributed by atoms with E-state index in [4.69, 9.17) is 39.5 Å². The van der Waals surface area contributed by atoms with Crippen LogP contribution in [-0.2, 0) is 9.53 Å². The Morgan fingerprint density at radius 1 is 1.35 bits per heavy atom. The maximum atomic E-state index is 11.9. The van der Waals surface area contributed by atoms with Crippen LogP contribution >= 0.6 is 34.8 Å². The molecule has 0 aliphatic heterocycles. The summed E-state index contributed by atoms with van der Waals surface area (Å²) in [5.74, 6) is 0.127. The van der Waals surface area contributed by atoms with Crippen LogP contribution in [0.5, 0.6) is 0 Å². The van der Waals surface area contributed by atoms with E-state index in [0.29, 0.717) is 18.9 Å². The van der Waals surface area contributed by atoms with Gasteiger partial charge in [0.25, 0.3) is 0 Å². The van der Waals surface area contributed by atoms with Crippen molar-refractivity contribution >= 4 is 40.8 Å². The summed E-state index contributed by atoms with van der Waals surface area (Å²) in [6, 6.07) is 0. The molecule has 1 rings (SSSR count). The predicted octanol–water partition coefficient (Wildman–Crippen LogP) is 4.22. The number of alkyl halides is 3. The lowest BCUT2D eigenvalue weighted by molar-refractivity contribution is -0.147. The van der Waals surface area contributed by atoms with Crippen molar-refractivity contribution in [3.8, 4) is 0 Å². The molecule has 1 aliphatic rings. The Labute approximate surface area is 118 Å². The standard InChI is InChI=1S/C12H19Cl3O2/c1-7(2)6-17-10(16)9-8(11(9,3)4)5-12(13,14)15/h7-9H,5-6H2,1-4H3. The first-order valence-electron chi connectivity index (χ1n) is 5.79. The molecule has 0 saturated heterocycles. The molecule has 0 N–H and O–H groups in total. The first kappa shape index (κ1) is 15.4. The van der Waals surface area contributed by atoms with Crippen LogP contribution in [0.3, 0.4) is 0 Å². The number of rotatable bonds is 4. The summed E-state index contributed by atoms with van der Waals surface area (Å²) >= 11 is 17.3. The average molecular weight is 302 g/mol. The van der Waals surface area contributed by atoms with Crippen molar-refractivity contribution in [3.05, 3.63) is 0 Å². The van der Waals surface area contributed by atoms with Gasteiger partial charge in [0.1, 0.15) is 0 Å². The van der Waals surface area contributed by atoms with Gasteiger partial charge in [-0.3, -0.25) is 4.79 Å². The van der Waals surface area contributed by atoms with E-state index in [1.807, 2.05) is 27.7 Å². The van der Waals surface area contributed by atoms with E-state index in [1.54, 1.807) is 0 Å². The maximum absolute atomic E-state index is 11.9. The molecule has 1 saturated carbocycles. The van der Waals surface area contributed by atoms with Crippen LogP contribution in [0.4, 0.5) is 0 Å². The zero-order valence-corrected chi connectivity index (χ0v) is 12.9. The number of halogens is 3. The number of carbonyl (C=O) groups excluding carboxylic acids is 1. The van der Waals surface area contributed by atoms with E-state index in [0.717, 1.165) is 0 Å². The molecule has 5 heteroatoms. The summed E-state index contributed by atoms with van der Waals surface area (Å²) in [5, 5.41) is 0. The third kappa shape index (κ3) is 4.18. The van der Waals surface area contributed by atoms with Crippen LogP contribution in [0.2, 0.25) is 0 Å². The number of ether oxygens (including phenoxy) is 1. The van der Waals surface area contributed by atoms with Gasteiger partial charge in [-0.15, -0.1) is 0 Å². The van der Waals surface area contributed by atoms with Gasteiger partial charge in [0.15, 0.2) is 3.79 Å². The molecule has 0 aromatic carbocycles. The molecule has 100 valence electrons. The van der Waals surface area contributed by atoms with Crippen molar-refractivity contribution in [2.75, 3.05) is 6.61 Å². The topological polar surface area (TPSA) is 26.3 Å². The van der Waals surface area contributed by atoms with Gasteiger partial charge >= 0.3 is 5.97 Å². The van der Waals surface area contributed by atoms with Crippen molar-refractivity contribution in [2.24, 2.45) is 23.2 Å². The molecule has 1 fully saturated rings. The Hall–Kier alpha value is 0.340. The third-order valence-electron chi connectivity index (χ3n) is 3.31. The summed E-state index contributed by atoms with van der Waals surface area (Å²) < 4.78 is 3.94. The van der Waals surface area contributed by atoms with Gasteiger partial charge in [0, 0.05) is 0 Å². The summed E-state index contributed by atoms with van der Waals surface area (Å²) in [6.45, 7) is 8.48. The smallest absolute Gasteiger partial charge is 0.309 e. The highest BCUT2D eigenvalue weighted by atomic mass is 35.6. The zero-order valence-electron chi connectivity index (χ0n) is 10.6. The summed E-state index contributed by atoms with van der Waals surface area (Å²) in [7, 11) is 0. The molecule has 0 bridgehead atoms. The van der Waals surface area contributed by atoms with Gasteiger partial charge in [-0.05, 0) is 23.7 Å². The molecule has 0 spiro atoms. The maximum Gasteiger partial charge on any atom is 0.309 e. The van der Waals surface area contributed by atoms with E-state index in [-0.39, 0.29) is 23.2 Å². The first-order chi connectivity index (χ1) is 7.55. The third-order valence-corrected chi connectivity index (χ3v) is 3.78. The second-order valence-corrected chi connectivity index (χ2v) is 8.26. The predicted molar refractivity (Wildman–Crippen MR) is 71.5 cm³/mol.